The first-order valence-corrected chi connectivity index (χ1v) is 19.4. The van der Waals surface area contributed by atoms with Crippen molar-refractivity contribution in [1.82, 2.24) is 0 Å². The van der Waals surface area contributed by atoms with E-state index in [2.05, 4.69) is 93.7 Å². The summed E-state index contributed by atoms with van der Waals surface area (Å²) < 4.78 is 16.5. The maximum atomic E-state index is 12.6. The van der Waals surface area contributed by atoms with Gasteiger partial charge in [-0.2, -0.15) is 0 Å². The summed E-state index contributed by atoms with van der Waals surface area (Å²) in [7, 11) is 0. The molecule has 6 nitrogen and oxygen atoms in total. The van der Waals surface area contributed by atoms with Gasteiger partial charge in [-0.15, -0.1) is 0 Å². The monoisotopic (exact) mass is 683 g/mol. The van der Waals surface area contributed by atoms with Crippen molar-refractivity contribution in [2.75, 3.05) is 13.2 Å². The van der Waals surface area contributed by atoms with Crippen LogP contribution in [-0.2, 0) is 28.6 Å². The summed E-state index contributed by atoms with van der Waals surface area (Å²) in [5.74, 6) is -1.03. The van der Waals surface area contributed by atoms with Gasteiger partial charge in [-0.1, -0.05) is 126 Å². The van der Waals surface area contributed by atoms with Crippen LogP contribution in [0.4, 0.5) is 0 Å². The van der Waals surface area contributed by atoms with Crippen LogP contribution in [-0.4, -0.2) is 37.2 Å². The molecule has 6 heteroatoms. The van der Waals surface area contributed by atoms with Gasteiger partial charge in [-0.05, 0) is 89.9 Å². The maximum absolute atomic E-state index is 12.6. The molecule has 0 radical (unpaired) electrons. The molecule has 49 heavy (non-hydrogen) atoms. The zero-order valence-corrected chi connectivity index (χ0v) is 31.4. The van der Waals surface area contributed by atoms with Crippen LogP contribution in [0.25, 0.3) is 0 Å². The van der Waals surface area contributed by atoms with E-state index in [1.807, 2.05) is 0 Å². The van der Waals surface area contributed by atoms with Crippen molar-refractivity contribution >= 4 is 17.9 Å². The molecule has 1 unspecified atom stereocenters. The zero-order valence-electron chi connectivity index (χ0n) is 31.4. The van der Waals surface area contributed by atoms with Gasteiger partial charge in [0.15, 0.2) is 6.10 Å². The van der Waals surface area contributed by atoms with Crippen LogP contribution in [0.5, 0.6) is 0 Å². The first kappa shape index (κ1) is 45.9. The molecule has 0 rings (SSSR count). The van der Waals surface area contributed by atoms with Gasteiger partial charge in [0.05, 0.1) is 0 Å². The summed E-state index contributed by atoms with van der Waals surface area (Å²) in [6, 6.07) is 0. The summed E-state index contributed by atoms with van der Waals surface area (Å²) in [5.41, 5.74) is 0. The highest BCUT2D eigenvalue weighted by atomic mass is 16.6. The molecule has 0 amide bonds. The summed E-state index contributed by atoms with van der Waals surface area (Å²) in [4.78, 5) is 37.4. The SMILES string of the molecule is CC/C=C\C/C=C\C/C=C\CCCC(=O)OCC(COC(=O)CCCC/C=C\C/C=C\CC)OC(=O)CCCCCCC/C=C\CCCC. The average molecular weight is 683 g/mol. The minimum Gasteiger partial charge on any atom is -0.462 e. The van der Waals surface area contributed by atoms with Gasteiger partial charge in [0, 0.05) is 19.3 Å². The molecule has 1 atom stereocenters. The van der Waals surface area contributed by atoms with Crippen LogP contribution in [0.1, 0.15) is 162 Å². The third kappa shape index (κ3) is 36.0. The predicted molar refractivity (Wildman–Crippen MR) is 205 cm³/mol. The van der Waals surface area contributed by atoms with E-state index < -0.39 is 6.10 Å². The fraction of sp³-hybridized carbons (Fsp3) is 0.651. The molecule has 0 aromatic carbocycles. The quantitative estimate of drug-likeness (QED) is 0.0297. The second-order valence-corrected chi connectivity index (χ2v) is 12.4. The molecule has 0 aromatic rings. The minimum atomic E-state index is -0.808. The van der Waals surface area contributed by atoms with Crippen LogP contribution in [0.2, 0.25) is 0 Å². The Hall–Kier alpha value is -3.15. The predicted octanol–water partition coefficient (Wildman–Crippen LogP) is 12.0. The highest BCUT2D eigenvalue weighted by Crippen LogP contribution is 2.11. The Labute approximate surface area is 300 Å². The van der Waals surface area contributed by atoms with E-state index in [9.17, 15) is 14.4 Å². The first-order chi connectivity index (χ1) is 24.0. The summed E-state index contributed by atoms with van der Waals surface area (Å²) in [6.45, 7) is 6.22. The van der Waals surface area contributed by atoms with Gasteiger partial charge in [0.25, 0.3) is 0 Å². The maximum Gasteiger partial charge on any atom is 0.306 e. The number of ether oxygens (including phenoxy) is 3. The number of carbonyl (C=O) groups excluding carboxylic acids is 3. The van der Waals surface area contributed by atoms with E-state index in [1.54, 1.807) is 0 Å². The smallest absolute Gasteiger partial charge is 0.306 e. The highest BCUT2D eigenvalue weighted by Gasteiger charge is 2.19. The van der Waals surface area contributed by atoms with Gasteiger partial charge in [0.2, 0.25) is 0 Å². The molecular formula is C43H70O6. The second kappa shape index (κ2) is 37.7. The van der Waals surface area contributed by atoms with Gasteiger partial charge >= 0.3 is 17.9 Å². The number of hydrogen-bond acceptors (Lipinski definition) is 6. The topological polar surface area (TPSA) is 78.9 Å². The van der Waals surface area contributed by atoms with E-state index in [4.69, 9.17) is 14.2 Å². The molecule has 0 spiro atoms. The first-order valence-electron chi connectivity index (χ1n) is 19.4. The number of esters is 3. The van der Waals surface area contributed by atoms with E-state index >= 15 is 0 Å². The molecule has 0 aliphatic carbocycles. The molecule has 0 saturated carbocycles. The van der Waals surface area contributed by atoms with Crippen LogP contribution < -0.4 is 0 Å². The molecule has 0 fully saturated rings. The lowest BCUT2D eigenvalue weighted by Gasteiger charge is -2.18. The molecule has 0 aliphatic rings. The summed E-state index contributed by atoms with van der Waals surface area (Å²) in [6.07, 6.45) is 44.8. The lowest BCUT2D eigenvalue weighted by atomic mass is 10.1. The second-order valence-electron chi connectivity index (χ2n) is 12.4. The molecule has 278 valence electrons. The number of carbonyl (C=O) groups is 3. The third-order valence-corrected chi connectivity index (χ3v) is 7.68. The van der Waals surface area contributed by atoms with Crippen LogP contribution in [0.15, 0.2) is 72.9 Å². The van der Waals surface area contributed by atoms with Gasteiger partial charge < -0.3 is 14.2 Å². The summed E-state index contributed by atoms with van der Waals surface area (Å²) >= 11 is 0. The Morgan fingerprint density at radius 1 is 0.429 bits per heavy atom. The van der Waals surface area contributed by atoms with Crippen molar-refractivity contribution in [2.24, 2.45) is 0 Å². The number of hydrogen-bond donors (Lipinski definition) is 0. The minimum absolute atomic E-state index is 0.113. The molecule has 0 bridgehead atoms. The molecule has 0 aromatic heterocycles. The molecule has 0 heterocycles. The Bertz CT molecular complexity index is 971. The third-order valence-electron chi connectivity index (χ3n) is 7.68. The Kier molecular flexibility index (Phi) is 35.2. The Morgan fingerprint density at radius 3 is 1.39 bits per heavy atom. The molecule has 0 N–H and O–H groups in total. The van der Waals surface area contributed by atoms with Crippen LogP contribution >= 0.6 is 0 Å². The van der Waals surface area contributed by atoms with Crippen molar-refractivity contribution < 1.29 is 28.6 Å². The lowest BCUT2D eigenvalue weighted by molar-refractivity contribution is -0.167. The number of allylic oxidation sites excluding steroid dienone is 12. The van der Waals surface area contributed by atoms with Crippen molar-refractivity contribution in [3.8, 4) is 0 Å². The highest BCUT2D eigenvalue weighted by molar-refractivity contribution is 5.71. The van der Waals surface area contributed by atoms with Gasteiger partial charge in [-0.3, -0.25) is 14.4 Å². The van der Waals surface area contributed by atoms with Crippen LogP contribution in [0.3, 0.4) is 0 Å². The fourth-order valence-electron chi connectivity index (χ4n) is 4.77. The summed E-state index contributed by atoms with van der Waals surface area (Å²) in [5, 5.41) is 0. The van der Waals surface area contributed by atoms with E-state index in [0.717, 1.165) is 89.9 Å². The van der Waals surface area contributed by atoms with Crippen molar-refractivity contribution in [3.63, 3.8) is 0 Å². The number of unbranched alkanes of at least 4 members (excludes halogenated alkanes) is 10. The number of rotatable bonds is 33. The molecular weight excluding hydrogens is 612 g/mol. The fourth-order valence-corrected chi connectivity index (χ4v) is 4.77. The van der Waals surface area contributed by atoms with Crippen molar-refractivity contribution in [1.29, 1.82) is 0 Å². The van der Waals surface area contributed by atoms with Gasteiger partial charge in [0.1, 0.15) is 13.2 Å². The van der Waals surface area contributed by atoms with Crippen molar-refractivity contribution in [3.05, 3.63) is 72.9 Å². The van der Waals surface area contributed by atoms with Gasteiger partial charge in [-0.25, -0.2) is 0 Å². The lowest BCUT2D eigenvalue weighted by Crippen LogP contribution is -2.30. The molecule has 0 saturated heterocycles. The zero-order chi connectivity index (χ0) is 35.9. The normalized spacial score (nSPS) is 12.8. The Morgan fingerprint density at radius 2 is 0.816 bits per heavy atom. The molecule has 0 aliphatic heterocycles. The van der Waals surface area contributed by atoms with E-state index in [-0.39, 0.29) is 37.5 Å². The standard InChI is InChI=1S/C43H70O6/c1-4-7-10-13-16-19-21-24-27-30-33-36-42(45)48-39-40(38-47-41(44)35-32-29-26-23-18-15-12-9-6-3)49-43(46)37-34-31-28-25-22-20-17-14-11-8-5-2/h7,9-10,12,14,16-19,23-24,27,40H,4-6,8,11,13,15,20-22,25-26,28-39H2,1-3H3/b10-7-,12-9-,17-14-,19-16-,23-18-,27-24-. The van der Waals surface area contributed by atoms with Crippen LogP contribution in [0, 0.1) is 0 Å². The van der Waals surface area contributed by atoms with Crippen molar-refractivity contribution in [2.45, 2.75) is 168 Å². The Balaban J connectivity index is 4.52. The van der Waals surface area contributed by atoms with E-state index in [1.165, 1.54) is 25.7 Å². The average Bonchev–Trinajstić information content (AvgIpc) is 3.10. The largest absolute Gasteiger partial charge is 0.462 e. The van der Waals surface area contributed by atoms with E-state index in [0.29, 0.717) is 19.3 Å².